The average molecular weight is 579 g/mol. The van der Waals surface area contributed by atoms with Crippen molar-refractivity contribution in [3.05, 3.63) is 44.2 Å². The molecule has 39 heavy (non-hydrogen) atoms. The smallest absolute Gasteiger partial charge is 0.190 e. The summed E-state index contributed by atoms with van der Waals surface area (Å²) in [5.74, 6) is -2.12. The molecule has 3 rings (SSSR count). The number of quaternary nitrogens is 2. The van der Waals surface area contributed by atoms with Gasteiger partial charge in [-0.05, 0) is 6.07 Å². The Kier molecular flexibility index (Phi) is 12.4. The van der Waals surface area contributed by atoms with Crippen LogP contribution in [0, 0.1) is 0 Å². The van der Waals surface area contributed by atoms with Gasteiger partial charge in [-0.15, -0.1) is 0 Å². The molecule has 218 valence electrons. The van der Waals surface area contributed by atoms with Gasteiger partial charge in [-0.25, -0.2) is 0 Å². The van der Waals surface area contributed by atoms with Crippen molar-refractivity contribution in [2.24, 2.45) is 0 Å². The molecule has 0 unspecified atom stereocenters. The van der Waals surface area contributed by atoms with E-state index in [4.69, 9.17) is 42.2 Å². The number of rotatable bonds is 7. The van der Waals surface area contributed by atoms with Crippen molar-refractivity contribution in [3.8, 4) is 0 Å². The van der Waals surface area contributed by atoms with E-state index >= 15 is 0 Å². The molecule has 0 atom stereocenters. The molecule has 7 N–H and O–H groups in total. The fourth-order valence-corrected chi connectivity index (χ4v) is 3.11. The predicted octanol–water partition coefficient (Wildman–Crippen LogP) is -4.55. The van der Waals surface area contributed by atoms with E-state index in [9.17, 15) is 29.4 Å². The summed E-state index contributed by atoms with van der Waals surface area (Å²) in [5.41, 5.74) is -0.788. The number of pyridine rings is 1. The standard InChI is InChI=1S/C14H9ClN2O6.2C4H12NO3/c15-11-7-3-17(14(22)23)4-10(19)5(7)1-6-9(18)2-8(13(20)21)16-12(6)11;2*1-5(2-6,3-7)4-8/h1-2H,3-4H2,(H,16,18)(H,20,21)(H,22,23);2*6-8H,2-4H2,1H3/q;2*+1/p-2. The van der Waals surface area contributed by atoms with Crippen LogP contribution in [-0.2, 0) is 6.54 Å². The van der Waals surface area contributed by atoms with Gasteiger partial charge in [0.25, 0.3) is 0 Å². The van der Waals surface area contributed by atoms with Gasteiger partial charge in [-0.3, -0.25) is 18.6 Å². The number of nitrogens with one attached hydrogen (secondary N) is 1. The van der Waals surface area contributed by atoms with Gasteiger partial charge in [0.15, 0.2) is 51.6 Å². The largest absolute Gasteiger partial charge is 0.543 e. The minimum Gasteiger partial charge on any atom is -0.543 e. The number of hydrogen-bond acceptors (Lipinski definition) is 12. The van der Waals surface area contributed by atoms with E-state index in [1.807, 2.05) is 0 Å². The van der Waals surface area contributed by atoms with Gasteiger partial charge in [0.1, 0.15) is 6.09 Å². The number of halogens is 1. The first kappa shape index (κ1) is 33.8. The monoisotopic (exact) mass is 578 g/mol. The van der Waals surface area contributed by atoms with Crippen LogP contribution in [-0.4, -0.2) is 128 Å². The number of Topliss-reactive ketones (excluding diaryl/α,β-unsaturated/α-hetero) is 1. The van der Waals surface area contributed by atoms with Crippen molar-refractivity contribution < 1.29 is 64.2 Å². The number of carboxylic acids is 1. The third kappa shape index (κ3) is 8.40. The summed E-state index contributed by atoms with van der Waals surface area (Å²) in [6, 6.07) is 2.12. The first-order valence-electron chi connectivity index (χ1n) is 11.1. The van der Waals surface area contributed by atoms with Crippen LogP contribution in [0.4, 0.5) is 4.79 Å². The number of carbonyl (C=O) groups is 3. The third-order valence-electron chi connectivity index (χ3n) is 5.68. The Hall–Kier alpha value is -3.19. The molecular formula is C22H31ClN4O12. The number of aliphatic hydroxyl groups is 6. The second kappa shape index (κ2) is 14.3. The van der Waals surface area contributed by atoms with Crippen LogP contribution in [0.1, 0.15) is 26.4 Å². The number of carbonyl (C=O) groups excluding carboxylic acids is 3. The second-order valence-electron chi connectivity index (χ2n) is 9.11. The molecule has 1 aromatic carbocycles. The predicted molar refractivity (Wildman–Crippen MR) is 129 cm³/mol. The van der Waals surface area contributed by atoms with Crippen LogP contribution in [0.25, 0.3) is 10.9 Å². The Morgan fingerprint density at radius 3 is 1.72 bits per heavy atom. The summed E-state index contributed by atoms with van der Waals surface area (Å²) in [6.07, 6.45) is -1.53. The second-order valence-corrected chi connectivity index (χ2v) is 9.48. The highest BCUT2D eigenvalue weighted by Gasteiger charge is 2.27. The van der Waals surface area contributed by atoms with Crippen molar-refractivity contribution in [1.82, 2.24) is 9.88 Å². The third-order valence-corrected chi connectivity index (χ3v) is 6.10. The molecule has 2 heterocycles. The molecular weight excluding hydrogens is 548 g/mol. The summed E-state index contributed by atoms with van der Waals surface area (Å²) in [5, 5.41) is 72.5. The summed E-state index contributed by atoms with van der Waals surface area (Å²) < 4.78 is -0.250. The molecule has 2 aromatic rings. The Labute approximate surface area is 226 Å². The van der Waals surface area contributed by atoms with Crippen LogP contribution in [0.3, 0.4) is 0 Å². The number of H-pyrrole nitrogens is 1. The summed E-state index contributed by atoms with van der Waals surface area (Å²) in [4.78, 5) is 49.2. The van der Waals surface area contributed by atoms with Crippen LogP contribution >= 0.6 is 11.6 Å². The van der Waals surface area contributed by atoms with E-state index in [0.717, 1.165) is 11.0 Å². The number of hydrogen-bond donors (Lipinski definition) is 7. The van der Waals surface area contributed by atoms with Crippen molar-refractivity contribution in [2.45, 2.75) is 6.54 Å². The minimum atomic E-state index is -1.59. The van der Waals surface area contributed by atoms with Gasteiger partial charge in [0.2, 0.25) is 0 Å². The van der Waals surface area contributed by atoms with Gasteiger partial charge in [0, 0.05) is 29.1 Å². The van der Waals surface area contributed by atoms with Gasteiger partial charge < -0.3 is 60.3 Å². The lowest BCUT2D eigenvalue weighted by Crippen LogP contribution is -2.46. The van der Waals surface area contributed by atoms with E-state index in [1.165, 1.54) is 6.07 Å². The van der Waals surface area contributed by atoms with Crippen LogP contribution in [0.15, 0.2) is 16.9 Å². The van der Waals surface area contributed by atoms with Crippen molar-refractivity contribution >= 4 is 40.3 Å². The number of aromatic amines is 1. The highest BCUT2D eigenvalue weighted by atomic mass is 35.5. The molecule has 0 bridgehead atoms. The molecule has 17 heteroatoms. The Morgan fingerprint density at radius 1 is 0.897 bits per heavy atom. The molecule has 0 saturated carbocycles. The fraction of sp³-hybridized carbons (Fsp3) is 0.455. The quantitative estimate of drug-likeness (QED) is 0.121. The lowest BCUT2D eigenvalue weighted by atomic mass is 9.96. The molecule has 1 aliphatic heterocycles. The molecule has 0 fully saturated rings. The fourth-order valence-electron chi connectivity index (χ4n) is 2.80. The average Bonchev–Trinajstić information content (AvgIpc) is 2.93. The van der Waals surface area contributed by atoms with Gasteiger partial charge in [-0.1, -0.05) is 11.6 Å². The number of amides is 1. The number of ketones is 1. The Bertz CT molecular complexity index is 1210. The van der Waals surface area contributed by atoms with Gasteiger partial charge in [0.05, 0.1) is 42.8 Å². The van der Waals surface area contributed by atoms with Crippen LogP contribution in [0.5, 0.6) is 0 Å². The van der Waals surface area contributed by atoms with Crippen LogP contribution < -0.4 is 15.6 Å². The number of aliphatic hydroxyl groups excluding tert-OH is 6. The molecule has 16 nitrogen and oxygen atoms in total. The Morgan fingerprint density at radius 2 is 1.36 bits per heavy atom. The molecule has 0 aliphatic carbocycles. The number of aromatic nitrogens is 1. The van der Waals surface area contributed by atoms with E-state index in [1.54, 1.807) is 14.1 Å². The Balaban J connectivity index is 0.000000393. The van der Waals surface area contributed by atoms with Crippen molar-refractivity contribution in [2.75, 3.05) is 61.0 Å². The summed E-state index contributed by atoms with van der Waals surface area (Å²) in [7, 11) is 3.08. The molecule has 0 saturated heterocycles. The topological polar surface area (TPSA) is 255 Å². The van der Waals surface area contributed by atoms with Crippen molar-refractivity contribution in [1.29, 1.82) is 0 Å². The summed E-state index contributed by atoms with van der Waals surface area (Å²) in [6.45, 7) is -2.05. The van der Waals surface area contributed by atoms with E-state index in [2.05, 4.69) is 4.98 Å². The lowest BCUT2D eigenvalue weighted by molar-refractivity contribution is -0.960. The molecule has 0 spiro atoms. The number of benzene rings is 1. The van der Waals surface area contributed by atoms with Gasteiger partial charge >= 0.3 is 0 Å². The normalized spacial score (nSPS) is 13.2. The number of aromatic carboxylic acids is 1. The molecule has 1 aliphatic rings. The first-order valence-corrected chi connectivity index (χ1v) is 11.4. The zero-order valence-electron chi connectivity index (χ0n) is 21.2. The lowest BCUT2D eigenvalue weighted by Gasteiger charge is -2.30. The molecule has 0 radical (unpaired) electrons. The van der Waals surface area contributed by atoms with E-state index in [-0.39, 0.29) is 82.9 Å². The SMILES string of the molecule is C[N+](CO)(CO)CO.C[N+](CO)(CO)CO.O=C([O-])c1cc(=O)c2cc3c(c(Cl)c2[nH]1)CN(C(=O)[O-])CC3=O. The number of nitrogens with zero attached hydrogens (tertiary/aromatic N) is 3. The zero-order valence-corrected chi connectivity index (χ0v) is 21.9. The highest BCUT2D eigenvalue weighted by molar-refractivity contribution is 6.36. The van der Waals surface area contributed by atoms with E-state index < -0.39 is 35.5 Å². The van der Waals surface area contributed by atoms with Crippen LogP contribution in [0.2, 0.25) is 5.02 Å². The number of fused-ring (bicyclic) bond motifs is 2. The maximum absolute atomic E-state index is 12.1. The number of carboxylic acid groups (broad SMARTS) is 2. The maximum atomic E-state index is 12.1. The zero-order chi connectivity index (χ0) is 30.1. The van der Waals surface area contributed by atoms with E-state index in [0.29, 0.717) is 0 Å². The molecule has 1 amide bonds. The molecule has 1 aromatic heterocycles. The minimum absolute atomic E-state index is 0.00474. The summed E-state index contributed by atoms with van der Waals surface area (Å²) >= 11 is 6.17. The first-order chi connectivity index (χ1) is 18.2. The van der Waals surface area contributed by atoms with Crippen molar-refractivity contribution in [3.63, 3.8) is 0 Å². The highest BCUT2D eigenvalue weighted by Crippen LogP contribution is 2.31. The van der Waals surface area contributed by atoms with Gasteiger partial charge in [-0.2, -0.15) is 0 Å². The maximum Gasteiger partial charge on any atom is 0.190 e.